The van der Waals surface area contributed by atoms with Crippen molar-refractivity contribution in [2.24, 2.45) is 0 Å². The van der Waals surface area contributed by atoms with Crippen LogP contribution in [-0.2, 0) is 9.84 Å². The van der Waals surface area contributed by atoms with Crippen LogP contribution >= 0.6 is 0 Å². The van der Waals surface area contributed by atoms with Gasteiger partial charge >= 0.3 is 0 Å². The van der Waals surface area contributed by atoms with Crippen molar-refractivity contribution in [1.82, 2.24) is 5.32 Å². The highest BCUT2D eigenvalue weighted by atomic mass is 32.2. The van der Waals surface area contributed by atoms with Crippen LogP contribution in [0.25, 0.3) is 0 Å². The Morgan fingerprint density at radius 3 is 2.54 bits per heavy atom. The van der Waals surface area contributed by atoms with E-state index in [9.17, 15) is 8.42 Å². The molecule has 1 unspecified atom stereocenters. The second kappa shape index (κ2) is 6.16. The number of hydrogen-bond acceptors (Lipinski definition) is 3. The highest BCUT2D eigenvalue weighted by molar-refractivity contribution is 7.90. The molecular formula is C9H19NO2S. The third-order valence-electron chi connectivity index (χ3n) is 1.93. The molecule has 0 heterocycles. The normalized spacial score (nSPS) is 14.0. The molecular weight excluding hydrogens is 186 g/mol. The number of nitrogens with one attached hydrogen (secondary N) is 1. The summed E-state index contributed by atoms with van der Waals surface area (Å²) in [6.45, 7) is 3.65. The van der Waals surface area contributed by atoms with E-state index >= 15 is 0 Å². The summed E-state index contributed by atoms with van der Waals surface area (Å²) in [7, 11) is -0.913. The molecule has 0 rings (SSSR count). The molecule has 0 aromatic rings. The third kappa shape index (κ3) is 7.99. The van der Waals surface area contributed by atoms with Crippen molar-refractivity contribution in [1.29, 1.82) is 0 Å². The van der Waals surface area contributed by atoms with Crippen molar-refractivity contribution in [3.63, 3.8) is 0 Å². The van der Waals surface area contributed by atoms with E-state index in [4.69, 9.17) is 0 Å². The average molecular weight is 205 g/mol. The van der Waals surface area contributed by atoms with Crippen molar-refractivity contribution in [3.05, 3.63) is 12.7 Å². The fourth-order valence-electron chi connectivity index (χ4n) is 1.17. The molecule has 0 aliphatic carbocycles. The van der Waals surface area contributed by atoms with Crippen LogP contribution in [0, 0.1) is 0 Å². The quantitative estimate of drug-likeness (QED) is 0.630. The van der Waals surface area contributed by atoms with Crippen molar-refractivity contribution < 1.29 is 8.42 Å². The van der Waals surface area contributed by atoms with Gasteiger partial charge in [0.15, 0.2) is 0 Å². The van der Waals surface area contributed by atoms with Gasteiger partial charge in [0.2, 0.25) is 0 Å². The maximum Gasteiger partial charge on any atom is 0.147 e. The van der Waals surface area contributed by atoms with Gasteiger partial charge in [-0.2, -0.15) is 0 Å². The molecule has 3 nitrogen and oxygen atoms in total. The van der Waals surface area contributed by atoms with Gasteiger partial charge in [-0.15, -0.1) is 6.58 Å². The molecule has 0 aromatic heterocycles. The summed E-state index contributed by atoms with van der Waals surface area (Å²) in [6.07, 6.45) is 5.62. The predicted molar refractivity (Wildman–Crippen MR) is 56.6 cm³/mol. The fourth-order valence-corrected chi connectivity index (χ4v) is 1.86. The SMILES string of the molecule is C=CCC(CCCS(C)(=O)=O)NC. The highest BCUT2D eigenvalue weighted by Crippen LogP contribution is 2.03. The Kier molecular flexibility index (Phi) is 5.99. The fraction of sp³-hybridized carbons (Fsp3) is 0.778. The molecule has 78 valence electrons. The van der Waals surface area contributed by atoms with E-state index in [1.54, 1.807) is 0 Å². The topological polar surface area (TPSA) is 46.2 Å². The molecule has 0 radical (unpaired) electrons. The molecule has 0 saturated heterocycles. The summed E-state index contributed by atoms with van der Waals surface area (Å²) in [5.74, 6) is 0.280. The Labute approximate surface area is 81.1 Å². The lowest BCUT2D eigenvalue weighted by atomic mass is 10.1. The van der Waals surface area contributed by atoms with Gasteiger partial charge < -0.3 is 5.32 Å². The minimum Gasteiger partial charge on any atom is -0.317 e. The van der Waals surface area contributed by atoms with Crippen LogP contribution < -0.4 is 5.32 Å². The minimum atomic E-state index is -2.80. The Morgan fingerprint density at radius 1 is 1.54 bits per heavy atom. The van der Waals surface area contributed by atoms with Gasteiger partial charge in [-0.3, -0.25) is 0 Å². The van der Waals surface area contributed by atoms with E-state index in [2.05, 4.69) is 11.9 Å². The minimum absolute atomic E-state index is 0.280. The lowest BCUT2D eigenvalue weighted by Gasteiger charge is -2.12. The number of sulfone groups is 1. The molecule has 1 atom stereocenters. The molecule has 4 heteroatoms. The molecule has 0 spiro atoms. The Morgan fingerprint density at radius 2 is 2.15 bits per heavy atom. The van der Waals surface area contributed by atoms with Gasteiger partial charge in [0, 0.05) is 18.1 Å². The van der Waals surface area contributed by atoms with Crippen molar-refractivity contribution >= 4 is 9.84 Å². The highest BCUT2D eigenvalue weighted by Gasteiger charge is 2.06. The molecule has 0 aliphatic rings. The lowest BCUT2D eigenvalue weighted by molar-refractivity contribution is 0.519. The Bertz CT molecular complexity index is 234. The van der Waals surface area contributed by atoms with Gasteiger partial charge in [-0.05, 0) is 26.3 Å². The lowest BCUT2D eigenvalue weighted by Crippen LogP contribution is -2.25. The molecule has 1 N–H and O–H groups in total. The largest absolute Gasteiger partial charge is 0.317 e. The molecule has 0 amide bonds. The first kappa shape index (κ1) is 12.7. The van der Waals surface area contributed by atoms with Crippen LogP contribution in [-0.4, -0.2) is 33.5 Å². The monoisotopic (exact) mass is 205 g/mol. The molecule has 0 aliphatic heterocycles. The van der Waals surface area contributed by atoms with Crippen molar-refractivity contribution in [3.8, 4) is 0 Å². The number of hydrogen-bond donors (Lipinski definition) is 1. The zero-order chi connectivity index (χ0) is 10.3. The smallest absolute Gasteiger partial charge is 0.147 e. The van der Waals surface area contributed by atoms with Gasteiger partial charge in [0.05, 0.1) is 0 Å². The molecule has 0 bridgehead atoms. The summed E-state index contributed by atoms with van der Waals surface area (Å²) in [5.41, 5.74) is 0. The second-order valence-corrected chi connectivity index (χ2v) is 5.54. The van der Waals surface area contributed by atoms with Gasteiger partial charge in [-0.1, -0.05) is 6.08 Å². The maximum absolute atomic E-state index is 10.8. The van der Waals surface area contributed by atoms with Crippen LogP contribution in [0.1, 0.15) is 19.3 Å². The van der Waals surface area contributed by atoms with E-state index in [0.717, 1.165) is 19.3 Å². The summed E-state index contributed by atoms with van der Waals surface area (Å²) in [6, 6.07) is 0.360. The third-order valence-corrected chi connectivity index (χ3v) is 2.96. The first-order chi connectivity index (χ1) is 5.99. The molecule has 0 aromatic carbocycles. The number of rotatable bonds is 7. The summed E-state index contributed by atoms with van der Waals surface area (Å²) in [4.78, 5) is 0. The molecule has 0 saturated carbocycles. The van der Waals surface area contributed by atoms with Crippen LogP contribution in [0.5, 0.6) is 0 Å². The summed E-state index contributed by atoms with van der Waals surface area (Å²) < 4.78 is 21.6. The first-order valence-corrected chi connectivity index (χ1v) is 6.51. The van der Waals surface area contributed by atoms with E-state index in [0.29, 0.717) is 6.04 Å². The van der Waals surface area contributed by atoms with Gasteiger partial charge in [0.25, 0.3) is 0 Å². The Balaban J connectivity index is 3.67. The predicted octanol–water partition coefficient (Wildman–Crippen LogP) is 0.975. The zero-order valence-corrected chi connectivity index (χ0v) is 9.23. The standard InChI is InChI=1S/C9H19NO2S/c1-4-6-9(10-2)7-5-8-13(3,11)12/h4,9-10H,1,5-8H2,2-3H3. The zero-order valence-electron chi connectivity index (χ0n) is 8.41. The van der Waals surface area contributed by atoms with Crippen LogP contribution in [0.2, 0.25) is 0 Å². The van der Waals surface area contributed by atoms with Crippen molar-refractivity contribution in [2.45, 2.75) is 25.3 Å². The van der Waals surface area contributed by atoms with Gasteiger partial charge in [0.1, 0.15) is 9.84 Å². The van der Waals surface area contributed by atoms with E-state index in [1.807, 2.05) is 13.1 Å². The molecule has 0 fully saturated rings. The van der Waals surface area contributed by atoms with Gasteiger partial charge in [-0.25, -0.2) is 8.42 Å². The van der Waals surface area contributed by atoms with E-state index in [1.165, 1.54) is 6.26 Å². The van der Waals surface area contributed by atoms with Crippen LogP contribution in [0.15, 0.2) is 12.7 Å². The summed E-state index contributed by atoms with van der Waals surface area (Å²) >= 11 is 0. The van der Waals surface area contributed by atoms with Crippen molar-refractivity contribution in [2.75, 3.05) is 19.1 Å². The van der Waals surface area contributed by atoms with Crippen LogP contribution in [0.4, 0.5) is 0 Å². The Hall–Kier alpha value is -0.350. The van der Waals surface area contributed by atoms with E-state index < -0.39 is 9.84 Å². The average Bonchev–Trinajstić information content (AvgIpc) is 2.01. The van der Waals surface area contributed by atoms with E-state index in [-0.39, 0.29) is 5.75 Å². The first-order valence-electron chi connectivity index (χ1n) is 4.45. The molecule has 13 heavy (non-hydrogen) atoms. The second-order valence-electron chi connectivity index (χ2n) is 3.28. The summed E-state index contributed by atoms with van der Waals surface area (Å²) in [5, 5.41) is 3.12. The maximum atomic E-state index is 10.8. The van der Waals surface area contributed by atoms with Crippen LogP contribution in [0.3, 0.4) is 0 Å².